The van der Waals surface area contributed by atoms with Crippen LogP contribution in [0.2, 0.25) is 0 Å². The Morgan fingerprint density at radius 1 is 1.33 bits per heavy atom. The third kappa shape index (κ3) is 2.64. The van der Waals surface area contributed by atoms with Gasteiger partial charge in [-0.3, -0.25) is 0 Å². The monoisotopic (exact) mass is 312 g/mol. The van der Waals surface area contributed by atoms with Crippen molar-refractivity contribution in [3.05, 3.63) is 28.7 Å². The standard InChI is InChI=1S/C12H13BrN2O3/c13-8-3-1-4-9(7-8)14-11(18)15-12(10(16)17)5-2-6-12/h1,3-4,7H,2,5-6H2,(H,16,17)(H2,14,15,18). The van der Waals surface area contributed by atoms with E-state index in [1.807, 2.05) is 6.07 Å². The van der Waals surface area contributed by atoms with Crippen molar-refractivity contribution in [3.63, 3.8) is 0 Å². The predicted octanol–water partition coefficient (Wildman–Crippen LogP) is 2.58. The molecule has 0 atom stereocenters. The summed E-state index contributed by atoms with van der Waals surface area (Å²) in [7, 11) is 0. The molecular formula is C12H13BrN2O3. The number of halogens is 1. The molecule has 0 bridgehead atoms. The van der Waals surface area contributed by atoms with Crippen molar-refractivity contribution in [2.24, 2.45) is 0 Å². The van der Waals surface area contributed by atoms with Crippen LogP contribution < -0.4 is 10.6 Å². The number of carboxylic acid groups (broad SMARTS) is 1. The molecule has 0 heterocycles. The summed E-state index contributed by atoms with van der Waals surface area (Å²) in [6, 6.07) is 6.62. The minimum Gasteiger partial charge on any atom is -0.480 e. The van der Waals surface area contributed by atoms with Crippen molar-refractivity contribution in [3.8, 4) is 0 Å². The number of amides is 2. The number of anilines is 1. The summed E-state index contributed by atoms with van der Waals surface area (Å²) in [5, 5.41) is 14.2. The van der Waals surface area contributed by atoms with Crippen molar-refractivity contribution < 1.29 is 14.7 Å². The van der Waals surface area contributed by atoms with E-state index in [2.05, 4.69) is 26.6 Å². The molecular weight excluding hydrogens is 300 g/mol. The minimum absolute atomic E-state index is 0.480. The van der Waals surface area contributed by atoms with Gasteiger partial charge in [0.1, 0.15) is 5.54 Å². The first-order valence-electron chi connectivity index (χ1n) is 5.60. The summed E-state index contributed by atoms with van der Waals surface area (Å²) in [5.41, 5.74) is -0.474. The fourth-order valence-electron chi connectivity index (χ4n) is 1.87. The van der Waals surface area contributed by atoms with Crippen LogP contribution in [0.3, 0.4) is 0 Å². The van der Waals surface area contributed by atoms with Crippen LogP contribution in [0, 0.1) is 0 Å². The lowest BCUT2D eigenvalue weighted by Gasteiger charge is -2.38. The topological polar surface area (TPSA) is 78.4 Å². The van der Waals surface area contributed by atoms with Crippen LogP contribution >= 0.6 is 15.9 Å². The maximum absolute atomic E-state index is 11.7. The highest BCUT2D eigenvalue weighted by Crippen LogP contribution is 2.32. The van der Waals surface area contributed by atoms with Gasteiger partial charge in [-0.2, -0.15) is 0 Å². The molecule has 1 aliphatic rings. The molecule has 6 heteroatoms. The molecule has 96 valence electrons. The fraction of sp³-hybridized carbons (Fsp3) is 0.333. The van der Waals surface area contributed by atoms with E-state index in [4.69, 9.17) is 5.11 Å². The lowest BCUT2D eigenvalue weighted by molar-refractivity contribution is -0.148. The third-order valence-corrected chi connectivity index (χ3v) is 3.55. The van der Waals surface area contributed by atoms with Gasteiger partial charge < -0.3 is 15.7 Å². The van der Waals surface area contributed by atoms with E-state index in [0.717, 1.165) is 10.9 Å². The van der Waals surface area contributed by atoms with Gasteiger partial charge in [0.2, 0.25) is 0 Å². The number of benzene rings is 1. The molecule has 3 N–H and O–H groups in total. The van der Waals surface area contributed by atoms with E-state index >= 15 is 0 Å². The smallest absolute Gasteiger partial charge is 0.329 e. The number of nitrogens with one attached hydrogen (secondary N) is 2. The second-order valence-corrected chi connectivity index (χ2v) is 5.25. The van der Waals surface area contributed by atoms with Gasteiger partial charge in [0.15, 0.2) is 0 Å². The third-order valence-electron chi connectivity index (χ3n) is 3.05. The number of aliphatic carboxylic acids is 1. The molecule has 0 radical (unpaired) electrons. The Kier molecular flexibility index (Phi) is 3.56. The number of urea groups is 1. The average Bonchev–Trinajstić information content (AvgIpc) is 2.23. The zero-order chi connectivity index (χ0) is 13.2. The summed E-state index contributed by atoms with van der Waals surface area (Å²) in [4.78, 5) is 22.8. The van der Waals surface area contributed by atoms with E-state index in [0.29, 0.717) is 18.5 Å². The van der Waals surface area contributed by atoms with Gasteiger partial charge in [-0.15, -0.1) is 0 Å². The largest absolute Gasteiger partial charge is 0.480 e. The quantitative estimate of drug-likeness (QED) is 0.802. The molecule has 5 nitrogen and oxygen atoms in total. The molecule has 1 aromatic rings. The van der Waals surface area contributed by atoms with Gasteiger partial charge >= 0.3 is 12.0 Å². The van der Waals surface area contributed by atoms with Crippen molar-refractivity contribution in [1.29, 1.82) is 0 Å². The second kappa shape index (κ2) is 4.97. The molecule has 2 rings (SSSR count). The summed E-state index contributed by atoms with van der Waals surface area (Å²) in [6.45, 7) is 0. The molecule has 0 saturated heterocycles. The first-order chi connectivity index (χ1) is 8.52. The molecule has 18 heavy (non-hydrogen) atoms. The van der Waals surface area contributed by atoms with Crippen LogP contribution in [0.4, 0.5) is 10.5 Å². The highest BCUT2D eigenvalue weighted by molar-refractivity contribution is 9.10. The highest BCUT2D eigenvalue weighted by Gasteiger charge is 2.45. The summed E-state index contributed by atoms with van der Waals surface area (Å²) >= 11 is 3.30. The van der Waals surface area contributed by atoms with E-state index in [9.17, 15) is 9.59 Å². The van der Waals surface area contributed by atoms with Crippen LogP contribution in [-0.2, 0) is 4.79 Å². The van der Waals surface area contributed by atoms with Crippen molar-refractivity contribution >= 4 is 33.6 Å². The number of hydrogen-bond acceptors (Lipinski definition) is 2. The molecule has 1 fully saturated rings. The van der Waals surface area contributed by atoms with Gasteiger partial charge in [0.05, 0.1) is 0 Å². The van der Waals surface area contributed by atoms with Crippen LogP contribution in [0.5, 0.6) is 0 Å². The minimum atomic E-state index is -1.09. The Balaban J connectivity index is 1.99. The van der Waals surface area contributed by atoms with Gasteiger partial charge in [-0.05, 0) is 37.5 Å². The average molecular weight is 313 g/mol. The zero-order valence-electron chi connectivity index (χ0n) is 9.57. The lowest BCUT2D eigenvalue weighted by atomic mass is 9.77. The number of carbonyl (C=O) groups excluding carboxylic acids is 1. The molecule has 0 aromatic heterocycles. The second-order valence-electron chi connectivity index (χ2n) is 4.33. The maximum Gasteiger partial charge on any atom is 0.329 e. The number of rotatable bonds is 3. The fourth-order valence-corrected chi connectivity index (χ4v) is 2.27. The van der Waals surface area contributed by atoms with Crippen molar-refractivity contribution in [1.82, 2.24) is 5.32 Å². The van der Waals surface area contributed by atoms with Crippen LogP contribution in [0.1, 0.15) is 19.3 Å². The first kappa shape index (κ1) is 12.9. The summed E-state index contributed by atoms with van der Waals surface area (Å²) in [5.74, 6) is -0.974. The van der Waals surface area contributed by atoms with E-state index in [1.165, 1.54) is 0 Å². The number of carboxylic acids is 1. The Bertz CT molecular complexity index is 486. The van der Waals surface area contributed by atoms with Crippen molar-refractivity contribution in [2.45, 2.75) is 24.8 Å². The van der Waals surface area contributed by atoms with Gasteiger partial charge in [0, 0.05) is 10.2 Å². The molecule has 1 aromatic carbocycles. The van der Waals surface area contributed by atoms with E-state index in [1.54, 1.807) is 18.2 Å². The van der Waals surface area contributed by atoms with Gasteiger partial charge in [0.25, 0.3) is 0 Å². The van der Waals surface area contributed by atoms with E-state index in [-0.39, 0.29) is 0 Å². The Morgan fingerprint density at radius 3 is 2.56 bits per heavy atom. The molecule has 0 aliphatic heterocycles. The predicted molar refractivity (Wildman–Crippen MR) is 70.5 cm³/mol. The summed E-state index contributed by atoms with van der Waals surface area (Å²) < 4.78 is 0.844. The van der Waals surface area contributed by atoms with Gasteiger partial charge in [-0.1, -0.05) is 22.0 Å². The Hall–Kier alpha value is -1.56. The molecule has 0 spiro atoms. The molecule has 2 amide bonds. The zero-order valence-corrected chi connectivity index (χ0v) is 11.2. The normalized spacial score (nSPS) is 16.5. The van der Waals surface area contributed by atoms with E-state index < -0.39 is 17.5 Å². The van der Waals surface area contributed by atoms with Crippen LogP contribution in [-0.4, -0.2) is 22.6 Å². The SMILES string of the molecule is O=C(Nc1cccc(Br)c1)NC1(C(=O)O)CCC1. The first-order valence-corrected chi connectivity index (χ1v) is 6.39. The van der Waals surface area contributed by atoms with Crippen molar-refractivity contribution in [2.75, 3.05) is 5.32 Å². The van der Waals surface area contributed by atoms with Gasteiger partial charge in [-0.25, -0.2) is 9.59 Å². The molecule has 0 unspecified atom stereocenters. The summed E-state index contributed by atoms with van der Waals surface area (Å²) in [6.07, 6.45) is 1.78. The molecule has 1 saturated carbocycles. The lowest BCUT2D eigenvalue weighted by Crippen LogP contribution is -2.60. The highest BCUT2D eigenvalue weighted by atomic mass is 79.9. The van der Waals surface area contributed by atoms with Crippen LogP contribution in [0.15, 0.2) is 28.7 Å². The number of hydrogen-bond donors (Lipinski definition) is 3. The Morgan fingerprint density at radius 2 is 2.06 bits per heavy atom. The number of carbonyl (C=O) groups is 2. The molecule has 1 aliphatic carbocycles. The maximum atomic E-state index is 11.7. The van der Waals surface area contributed by atoms with Crippen LogP contribution in [0.25, 0.3) is 0 Å². The Labute approximate surface area is 113 Å².